The molecule has 0 bridgehead atoms. The highest BCUT2D eigenvalue weighted by atomic mass is 32.2. The van der Waals surface area contributed by atoms with E-state index in [2.05, 4.69) is 9.82 Å². The van der Waals surface area contributed by atoms with Crippen LogP contribution in [0.25, 0.3) is 0 Å². The van der Waals surface area contributed by atoms with Gasteiger partial charge in [-0.05, 0) is 17.9 Å². The molecule has 0 aliphatic rings. The standard InChI is InChI=1S/C16H21N3O4S/c1-12(2)8-15(16(20)21)18-24(22,23)14-9-17-19(11-14)10-13-6-4-3-5-7-13/h3-7,9,11-12,15,18H,8,10H2,1-2H3,(H,20,21)/t15-/m1/s1. The number of carboxylic acid groups (broad SMARTS) is 1. The summed E-state index contributed by atoms with van der Waals surface area (Å²) in [6.07, 6.45) is 2.83. The summed E-state index contributed by atoms with van der Waals surface area (Å²) in [5.41, 5.74) is 0.987. The van der Waals surface area contributed by atoms with E-state index in [1.807, 2.05) is 44.2 Å². The Morgan fingerprint density at radius 3 is 2.54 bits per heavy atom. The second-order valence-electron chi connectivity index (χ2n) is 6.00. The lowest BCUT2D eigenvalue weighted by Crippen LogP contribution is -2.41. The topological polar surface area (TPSA) is 101 Å². The SMILES string of the molecule is CC(C)C[C@@H](NS(=O)(=O)c1cnn(Cc2ccccc2)c1)C(=O)O. The van der Waals surface area contributed by atoms with Crippen molar-refractivity contribution >= 4 is 16.0 Å². The molecule has 0 aliphatic heterocycles. The minimum atomic E-state index is -3.94. The van der Waals surface area contributed by atoms with Crippen LogP contribution in [0.2, 0.25) is 0 Å². The van der Waals surface area contributed by atoms with Gasteiger partial charge in [0.15, 0.2) is 0 Å². The molecule has 0 saturated heterocycles. The summed E-state index contributed by atoms with van der Waals surface area (Å²) in [6.45, 7) is 4.11. The van der Waals surface area contributed by atoms with E-state index in [4.69, 9.17) is 0 Å². The Labute approximate surface area is 141 Å². The Balaban J connectivity index is 2.13. The first-order chi connectivity index (χ1) is 11.3. The van der Waals surface area contributed by atoms with E-state index in [-0.39, 0.29) is 17.2 Å². The molecule has 0 unspecified atom stereocenters. The molecule has 2 rings (SSSR count). The third-order valence-electron chi connectivity index (χ3n) is 3.41. The van der Waals surface area contributed by atoms with Crippen molar-refractivity contribution in [2.75, 3.05) is 0 Å². The van der Waals surface area contributed by atoms with Crippen molar-refractivity contribution in [3.63, 3.8) is 0 Å². The summed E-state index contributed by atoms with van der Waals surface area (Å²) in [5.74, 6) is -1.14. The molecule has 0 radical (unpaired) electrons. The number of rotatable bonds is 8. The number of sulfonamides is 1. The predicted molar refractivity (Wildman–Crippen MR) is 89.0 cm³/mol. The molecule has 0 saturated carbocycles. The van der Waals surface area contributed by atoms with Gasteiger partial charge in [-0.3, -0.25) is 9.48 Å². The second-order valence-corrected chi connectivity index (χ2v) is 7.71. The van der Waals surface area contributed by atoms with Crippen LogP contribution in [0.4, 0.5) is 0 Å². The normalized spacial score (nSPS) is 13.1. The first-order valence-corrected chi connectivity index (χ1v) is 9.08. The number of hydrogen-bond donors (Lipinski definition) is 2. The van der Waals surface area contributed by atoms with Gasteiger partial charge in [-0.25, -0.2) is 8.42 Å². The molecule has 0 amide bonds. The van der Waals surface area contributed by atoms with Gasteiger partial charge in [0.1, 0.15) is 10.9 Å². The van der Waals surface area contributed by atoms with Crippen LogP contribution in [0.15, 0.2) is 47.6 Å². The fourth-order valence-corrected chi connectivity index (χ4v) is 3.42. The van der Waals surface area contributed by atoms with Gasteiger partial charge in [0.25, 0.3) is 0 Å². The molecule has 0 fully saturated rings. The lowest BCUT2D eigenvalue weighted by molar-refractivity contribution is -0.139. The van der Waals surface area contributed by atoms with Gasteiger partial charge in [0.2, 0.25) is 10.0 Å². The van der Waals surface area contributed by atoms with Crippen molar-refractivity contribution < 1.29 is 18.3 Å². The van der Waals surface area contributed by atoms with Crippen molar-refractivity contribution in [1.29, 1.82) is 0 Å². The van der Waals surface area contributed by atoms with Gasteiger partial charge in [-0.2, -0.15) is 9.82 Å². The molecule has 8 heteroatoms. The predicted octanol–water partition coefficient (Wildman–Crippen LogP) is 1.71. The summed E-state index contributed by atoms with van der Waals surface area (Å²) in [7, 11) is -3.94. The van der Waals surface area contributed by atoms with Crippen LogP contribution in [-0.4, -0.2) is 35.3 Å². The number of carboxylic acids is 1. The zero-order valence-electron chi connectivity index (χ0n) is 13.6. The molecule has 0 spiro atoms. The summed E-state index contributed by atoms with van der Waals surface area (Å²) >= 11 is 0. The molecule has 24 heavy (non-hydrogen) atoms. The molecule has 2 aromatic rings. The fraction of sp³-hybridized carbons (Fsp3) is 0.375. The Bertz CT molecular complexity index is 785. The number of aromatic nitrogens is 2. The van der Waals surface area contributed by atoms with Gasteiger partial charge in [0, 0.05) is 6.20 Å². The third kappa shape index (κ3) is 4.90. The molecular weight excluding hydrogens is 330 g/mol. The highest BCUT2D eigenvalue weighted by Crippen LogP contribution is 2.13. The number of aliphatic carboxylic acids is 1. The number of hydrogen-bond acceptors (Lipinski definition) is 4. The van der Waals surface area contributed by atoms with E-state index in [1.54, 1.807) is 0 Å². The van der Waals surface area contributed by atoms with Gasteiger partial charge < -0.3 is 5.11 Å². The maximum absolute atomic E-state index is 12.4. The van der Waals surface area contributed by atoms with Crippen molar-refractivity contribution in [2.24, 2.45) is 5.92 Å². The van der Waals surface area contributed by atoms with Crippen molar-refractivity contribution in [2.45, 2.75) is 37.8 Å². The Kier molecular flexibility index (Phi) is 5.74. The minimum Gasteiger partial charge on any atom is -0.480 e. The highest BCUT2D eigenvalue weighted by Gasteiger charge is 2.27. The Hall–Kier alpha value is -2.19. The van der Waals surface area contributed by atoms with Crippen LogP contribution in [-0.2, 0) is 21.4 Å². The molecule has 1 aromatic heterocycles. The highest BCUT2D eigenvalue weighted by molar-refractivity contribution is 7.89. The molecular formula is C16H21N3O4S. The zero-order chi connectivity index (χ0) is 17.7. The summed E-state index contributed by atoms with van der Waals surface area (Å²) < 4.78 is 28.5. The van der Waals surface area contributed by atoms with Crippen molar-refractivity contribution in [3.8, 4) is 0 Å². The monoisotopic (exact) mass is 351 g/mol. The number of nitrogens with zero attached hydrogens (tertiary/aromatic N) is 2. The van der Waals surface area contributed by atoms with Crippen LogP contribution in [0.5, 0.6) is 0 Å². The van der Waals surface area contributed by atoms with E-state index in [1.165, 1.54) is 17.1 Å². The van der Waals surface area contributed by atoms with Gasteiger partial charge in [-0.15, -0.1) is 0 Å². The number of nitrogens with one attached hydrogen (secondary N) is 1. The van der Waals surface area contributed by atoms with E-state index in [0.717, 1.165) is 5.56 Å². The van der Waals surface area contributed by atoms with Crippen molar-refractivity contribution in [1.82, 2.24) is 14.5 Å². The van der Waals surface area contributed by atoms with Crippen LogP contribution in [0.1, 0.15) is 25.8 Å². The smallest absolute Gasteiger partial charge is 0.321 e. The van der Waals surface area contributed by atoms with E-state index in [0.29, 0.717) is 6.54 Å². The van der Waals surface area contributed by atoms with Crippen LogP contribution in [0.3, 0.4) is 0 Å². The first-order valence-electron chi connectivity index (χ1n) is 7.59. The molecule has 1 atom stereocenters. The lowest BCUT2D eigenvalue weighted by Gasteiger charge is -2.15. The average molecular weight is 351 g/mol. The van der Waals surface area contributed by atoms with Crippen molar-refractivity contribution in [3.05, 3.63) is 48.3 Å². The average Bonchev–Trinajstić information content (AvgIpc) is 2.96. The largest absolute Gasteiger partial charge is 0.480 e. The summed E-state index contributed by atoms with van der Waals surface area (Å²) in [5, 5.41) is 13.2. The molecule has 7 nitrogen and oxygen atoms in total. The minimum absolute atomic E-state index is 0.0477. The molecule has 1 heterocycles. The second kappa shape index (κ2) is 7.59. The van der Waals surface area contributed by atoms with Gasteiger partial charge in [-0.1, -0.05) is 44.2 Å². The van der Waals surface area contributed by atoms with E-state index in [9.17, 15) is 18.3 Å². The summed E-state index contributed by atoms with van der Waals surface area (Å²) in [4.78, 5) is 11.2. The molecule has 1 aromatic carbocycles. The Morgan fingerprint density at radius 2 is 1.96 bits per heavy atom. The van der Waals surface area contributed by atoms with Crippen LogP contribution < -0.4 is 4.72 Å². The van der Waals surface area contributed by atoms with Gasteiger partial charge in [0.05, 0.1) is 12.7 Å². The maximum Gasteiger partial charge on any atom is 0.321 e. The van der Waals surface area contributed by atoms with Crippen LogP contribution in [0, 0.1) is 5.92 Å². The number of benzene rings is 1. The molecule has 130 valence electrons. The quantitative estimate of drug-likeness (QED) is 0.754. The van der Waals surface area contributed by atoms with E-state index < -0.39 is 22.0 Å². The molecule has 0 aliphatic carbocycles. The maximum atomic E-state index is 12.4. The first kappa shape index (κ1) is 18.2. The van der Waals surface area contributed by atoms with Gasteiger partial charge >= 0.3 is 5.97 Å². The Morgan fingerprint density at radius 1 is 1.29 bits per heavy atom. The zero-order valence-corrected chi connectivity index (χ0v) is 14.4. The van der Waals surface area contributed by atoms with Crippen LogP contribution >= 0.6 is 0 Å². The number of carbonyl (C=O) groups is 1. The lowest BCUT2D eigenvalue weighted by atomic mass is 10.1. The van der Waals surface area contributed by atoms with E-state index >= 15 is 0 Å². The summed E-state index contributed by atoms with van der Waals surface area (Å²) in [6, 6.07) is 8.34. The fourth-order valence-electron chi connectivity index (χ4n) is 2.27. The molecule has 2 N–H and O–H groups in total. The third-order valence-corrected chi connectivity index (χ3v) is 4.84.